The van der Waals surface area contributed by atoms with Crippen LogP contribution in [0, 0.1) is 5.92 Å². The van der Waals surface area contributed by atoms with Crippen LogP contribution < -0.4 is 5.32 Å². The monoisotopic (exact) mass is 256 g/mol. The van der Waals surface area contributed by atoms with Crippen LogP contribution in [0.15, 0.2) is 43.0 Å². The average molecular weight is 256 g/mol. The zero-order valence-corrected chi connectivity index (χ0v) is 12.0. The maximum atomic E-state index is 3.83. The largest absolute Gasteiger partial charge is 0.343 e. The van der Waals surface area contributed by atoms with Crippen molar-refractivity contribution in [3.8, 4) is 0 Å². The summed E-state index contributed by atoms with van der Waals surface area (Å²) in [7, 11) is 0. The number of fused-ring (bicyclic) bond motifs is 1. The van der Waals surface area contributed by atoms with Crippen molar-refractivity contribution in [2.75, 3.05) is 6.54 Å². The van der Waals surface area contributed by atoms with Crippen LogP contribution in [0.25, 0.3) is 10.9 Å². The van der Waals surface area contributed by atoms with Crippen LogP contribution in [0.1, 0.15) is 26.0 Å². The number of allylic oxidation sites excluding steroid dienone is 1. The topological polar surface area (TPSA) is 17.0 Å². The number of benzene rings is 1. The standard InChI is InChI=1S/C17H24N2/c1-4-5-10-19-16(13-18-12-14(2)3)11-15-8-6-7-9-17(15)19/h4,6-9,11,14,18H,1,5,10,12-13H2,2-3H3. The van der Waals surface area contributed by atoms with Crippen LogP contribution in [0.5, 0.6) is 0 Å². The van der Waals surface area contributed by atoms with Gasteiger partial charge in [0.15, 0.2) is 0 Å². The molecule has 2 heteroatoms. The second-order valence-electron chi connectivity index (χ2n) is 5.45. The fraction of sp³-hybridized carbons (Fsp3) is 0.412. The second kappa shape index (κ2) is 6.58. The van der Waals surface area contributed by atoms with Crippen LogP contribution in [-0.4, -0.2) is 11.1 Å². The van der Waals surface area contributed by atoms with Crippen molar-refractivity contribution in [3.05, 3.63) is 48.7 Å². The molecule has 0 radical (unpaired) electrons. The average Bonchev–Trinajstić information content (AvgIpc) is 2.74. The molecule has 2 aromatic rings. The molecule has 0 atom stereocenters. The van der Waals surface area contributed by atoms with Crippen LogP contribution >= 0.6 is 0 Å². The maximum absolute atomic E-state index is 3.83. The van der Waals surface area contributed by atoms with E-state index in [0.29, 0.717) is 5.92 Å². The van der Waals surface area contributed by atoms with E-state index in [1.165, 1.54) is 16.6 Å². The third-order valence-corrected chi connectivity index (χ3v) is 3.31. The molecule has 0 aliphatic carbocycles. The van der Waals surface area contributed by atoms with Gasteiger partial charge in [0, 0.05) is 24.3 Å². The molecule has 0 saturated heterocycles. The lowest BCUT2D eigenvalue weighted by molar-refractivity contribution is 0.537. The highest BCUT2D eigenvalue weighted by atomic mass is 15.0. The Morgan fingerprint density at radius 1 is 1.32 bits per heavy atom. The van der Waals surface area contributed by atoms with Gasteiger partial charge in [-0.15, -0.1) is 6.58 Å². The quantitative estimate of drug-likeness (QED) is 0.742. The van der Waals surface area contributed by atoms with Crippen molar-refractivity contribution in [2.45, 2.75) is 33.4 Å². The van der Waals surface area contributed by atoms with E-state index in [4.69, 9.17) is 0 Å². The lowest BCUT2D eigenvalue weighted by Crippen LogP contribution is -2.20. The smallest absolute Gasteiger partial charge is 0.0483 e. The molecule has 0 aliphatic heterocycles. The van der Waals surface area contributed by atoms with E-state index >= 15 is 0 Å². The molecule has 0 bridgehead atoms. The molecule has 0 amide bonds. The Balaban J connectivity index is 2.22. The summed E-state index contributed by atoms with van der Waals surface area (Å²) < 4.78 is 2.41. The van der Waals surface area contributed by atoms with E-state index in [-0.39, 0.29) is 0 Å². The third-order valence-electron chi connectivity index (χ3n) is 3.31. The molecular weight excluding hydrogens is 232 g/mol. The molecule has 1 aromatic carbocycles. The molecular formula is C17H24N2. The number of para-hydroxylation sites is 1. The summed E-state index contributed by atoms with van der Waals surface area (Å²) >= 11 is 0. The number of nitrogens with one attached hydrogen (secondary N) is 1. The SMILES string of the molecule is C=CCCn1c(CNCC(C)C)cc2ccccc21. The lowest BCUT2D eigenvalue weighted by atomic mass is 10.2. The third kappa shape index (κ3) is 3.48. The first kappa shape index (κ1) is 13.9. The van der Waals surface area contributed by atoms with E-state index < -0.39 is 0 Å². The summed E-state index contributed by atoms with van der Waals surface area (Å²) in [6.45, 7) is 11.3. The van der Waals surface area contributed by atoms with E-state index in [1.54, 1.807) is 0 Å². The first-order valence-corrected chi connectivity index (χ1v) is 7.11. The first-order chi connectivity index (χ1) is 9.22. The van der Waals surface area contributed by atoms with Gasteiger partial charge in [-0.3, -0.25) is 0 Å². The van der Waals surface area contributed by atoms with E-state index in [2.05, 4.69) is 60.6 Å². The van der Waals surface area contributed by atoms with Gasteiger partial charge < -0.3 is 9.88 Å². The van der Waals surface area contributed by atoms with E-state index in [0.717, 1.165) is 26.1 Å². The van der Waals surface area contributed by atoms with Crippen LogP contribution in [0.2, 0.25) is 0 Å². The highest BCUT2D eigenvalue weighted by Crippen LogP contribution is 2.20. The maximum Gasteiger partial charge on any atom is 0.0483 e. The summed E-state index contributed by atoms with van der Waals surface area (Å²) in [5, 5.41) is 4.86. The molecule has 2 rings (SSSR count). The Kier molecular flexibility index (Phi) is 4.80. The van der Waals surface area contributed by atoms with Gasteiger partial charge in [0.1, 0.15) is 0 Å². The molecule has 0 unspecified atom stereocenters. The second-order valence-corrected chi connectivity index (χ2v) is 5.45. The summed E-state index contributed by atoms with van der Waals surface area (Å²) in [4.78, 5) is 0. The minimum Gasteiger partial charge on any atom is -0.343 e. The highest BCUT2D eigenvalue weighted by molar-refractivity contribution is 5.81. The van der Waals surface area contributed by atoms with Gasteiger partial charge in [0.05, 0.1) is 0 Å². The first-order valence-electron chi connectivity index (χ1n) is 7.11. The zero-order valence-electron chi connectivity index (χ0n) is 12.0. The van der Waals surface area contributed by atoms with Crippen molar-refractivity contribution in [2.24, 2.45) is 5.92 Å². The molecule has 1 aromatic heterocycles. The van der Waals surface area contributed by atoms with Gasteiger partial charge in [-0.2, -0.15) is 0 Å². The van der Waals surface area contributed by atoms with Crippen LogP contribution in [-0.2, 0) is 13.1 Å². The van der Waals surface area contributed by atoms with Crippen molar-refractivity contribution in [1.82, 2.24) is 9.88 Å². The summed E-state index contributed by atoms with van der Waals surface area (Å²) in [5.74, 6) is 0.686. The molecule has 0 fully saturated rings. The predicted molar refractivity (Wildman–Crippen MR) is 83.3 cm³/mol. The van der Waals surface area contributed by atoms with Crippen molar-refractivity contribution in [1.29, 1.82) is 0 Å². The number of aromatic nitrogens is 1. The molecule has 1 heterocycles. The fourth-order valence-electron chi connectivity index (χ4n) is 2.39. The van der Waals surface area contributed by atoms with Gasteiger partial charge in [0.2, 0.25) is 0 Å². The Morgan fingerprint density at radius 3 is 2.84 bits per heavy atom. The molecule has 0 spiro atoms. The van der Waals surface area contributed by atoms with Gasteiger partial charge >= 0.3 is 0 Å². The number of nitrogens with zero attached hydrogens (tertiary/aromatic N) is 1. The summed E-state index contributed by atoms with van der Waals surface area (Å²) in [5.41, 5.74) is 2.69. The van der Waals surface area contributed by atoms with Gasteiger partial charge in [-0.1, -0.05) is 38.1 Å². The minimum absolute atomic E-state index is 0.686. The lowest BCUT2D eigenvalue weighted by Gasteiger charge is -2.11. The molecule has 19 heavy (non-hydrogen) atoms. The summed E-state index contributed by atoms with van der Waals surface area (Å²) in [6.07, 6.45) is 3.00. The highest BCUT2D eigenvalue weighted by Gasteiger charge is 2.07. The van der Waals surface area contributed by atoms with Crippen molar-refractivity contribution < 1.29 is 0 Å². The molecule has 0 saturated carbocycles. The fourth-order valence-corrected chi connectivity index (χ4v) is 2.39. The van der Waals surface area contributed by atoms with Crippen LogP contribution in [0.4, 0.5) is 0 Å². The van der Waals surface area contributed by atoms with E-state index in [9.17, 15) is 0 Å². The molecule has 0 aliphatic rings. The Morgan fingerprint density at radius 2 is 2.11 bits per heavy atom. The predicted octanol–water partition coefficient (Wildman–Crippen LogP) is 3.96. The number of rotatable bonds is 7. The van der Waals surface area contributed by atoms with E-state index in [1.807, 2.05) is 6.08 Å². The Hall–Kier alpha value is -1.54. The number of hydrogen-bond donors (Lipinski definition) is 1. The number of aryl methyl sites for hydroxylation is 1. The Bertz CT molecular complexity index is 537. The minimum atomic E-state index is 0.686. The zero-order chi connectivity index (χ0) is 13.7. The van der Waals surface area contributed by atoms with Crippen LogP contribution in [0.3, 0.4) is 0 Å². The summed E-state index contributed by atoms with van der Waals surface area (Å²) in [6, 6.07) is 10.9. The van der Waals surface area contributed by atoms with Gasteiger partial charge in [-0.25, -0.2) is 0 Å². The number of hydrogen-bond acceptors (Lipinski definition) is 1. The van der Waals surface area contributed by atoms with Gasteiger partial charge in [-0.05, 0) is 36.4 Å². The van der Waals surface area contributed by atoms with Crippen molar-refractivity contribution >= 4 is 10.9 Å². The normalized spacial score (nSPS) is 11.3. The molecule has 102 valence electrons. The molecule has 1 N–H and O–H groups in total. The Labute approximate surface area is 116 Å². The molecule has 2 nitrogen and oxygen atoms in total. The van der Waals surface area contributed by atoms with Gasteiger partial charge in [0.25, 0.3) is 0 Å². The van der Waals surface area contributed by atoms with Crippen molar-refractivity contribution in [3.63, 3.8) is 0 Å².